The second kappa shape index (κ2) is 8.91. The van der Waals surface area contributed by atoms with Crippen LogP contribution in [-0.4, -0.2) is 41.9 Å². The van der Waals surface area contributed by atoms with Crippen molar-refractivity contribution in [2.45, 2.75) is 19.4 Å². The Bertz CT molecular complexity index is 789. The summed E-state index contributed by atoms with van der Waals surface area (Å²) in [7, 11) is 1.81. The highest BCUT2D eigenvalue weighted by atomic mass is 35.5. The Balaban J connectivity index is 1.50. The summed E-state index contributed by atoms with van der Waals surface area (Å²) in [6.07, 6.45) is 1.35. The number of likely N-dealkylation sites (tertiary alicyclic amines) is 1. The number of carbonyl (C=O) groups excluding carboxylic acids is 2. The minimum absolute atomic E-state index is 0.0572. The summed E-state index contributed by atoms with van der Waals surface area (Å²) in [6.45, 7) is 1.65. The molecule has 0 saturated carbocycles. The van der Waals surface area contributed by atoms with Crippen LogP contribution in [0.15, 0.2) is 54.6 Å². The van der Waals surface area contributed by atoms with Crippen molar-refractivity contribution in [2.75, 3.05) is 25.5 Å². The molecule has 1 aliphatic heterocycles. The molecule has 27 heavy (non-hydrogen) atoms. The minimum atomic E-state index is -0.114. The van der Waals surface area contributed by atoms with Gasteiger partial charge in [0.25, 0.3) is 0 Å². The number of hydrogen-bond donors (Lipinski definition) is 1. The number of piperidine rings is 1. The van der Waals surface area contributed by atoms with E-state index in [1.807, 2.05) is 54.6 Å². The fraction of sp³-hybridized carbons (Fsp3) is 0.333. The van der Waals surface area contributed by atoms with Crippen LogP contribution in [0.3, 0.4) is 0 Å². The first-order valence-electron chi connectivity index (χ1n) is 9.14. The van der Waals surface area contributed by atoms with Crippen molar-refractivity contribution in [2.24, 2.45) is 5.92 Å². The lowest BCUT2D eigenvalue weighted by atomic mass is 9.95. The summed E-state index contributed by atoms with van der Waals surface area (Å²) in [5.74, 6) is 0.0521. The topological polar surface area (TPSA) is 52.7 Å². The molecule has 0 radical (unpaired) electrons. The van der Waals surface area contributed by atoms with Gasteiger partial charge in [-0.3, -0.25) is 4.79 Å². The number of benzene rings is 2. The van der Waals surface area contributed by atoms with Crippen LogP contribution in [-0.2, 0) is 11.3 Å². The third-order valence-electron chi connectivity index (χ3n) is 4.90. The lowest BCUT2D eigenvalue weighted by molar-refractivity contribution is -0.136. The van der Waals surface area contributed by atoms with E-state index >= 15 is 0 Å². The maximum Gasteiger partial charge on any atom is 0.321 e. The van der Waals surface area contributed by atoms with Gasteiger partial charge in [-0.1, -0.05) is 48.0 Å². The maximum absolute atomic E-state index is 12.7. The summed E-state index contributed by atoms with van der Waals surface area (Å²) in [4.78, 5) is 28.6. The predicted octanol–water partition coefficient (Wildman–Crippen LogP) is 4.24. The summed E-state index contributed by atoms with van der Waals surface area (Å²) in [5.41, 5.74) is 1.72. The SMILES string of the molecule is CN(Cc1ccccc1Cl)C(=O)C1CCN(C(=O)Nc2ccccc2)CC1. The van der Waals surface area contributed by atoms with Crippen LogP contribution in [0.1, 0.15) is 18.4 Å². The molecule has 2 aromatic rings. The highest BCUT2D eigenvalue weighted by molar-refractivity contribution is 6.31. The Hall–Kier alpha value is -2.53. The van der Waals surface area contributed by atoms with Gasteiger partial charge in [-0.15, -0.1) is 0 Å². The second-order valence-electron chi connectivity index (χ2n) is 6.84. The number of para-hydroxylation sites is 1. The molecule has 0 spiro atoms. The number of rotatable bonds is 4. The van der Waals surface area contributed by atoms with E-state index in [1.165, 1.54) is 0 Å². The van der Waals surface area contributed by atoms with E-state index in [0.717, 1.165) is 11.3 Å². The van der Waals surface area contributed by atoms with Crippen molar-refractivity contribution in [3.8, 4) is 0 Å². The fourth-order valence-corrected chi connectivity index (χ4v) is 3.52. The number of amides is 3. The fourth-order valence-electron chi connectivity index (χ4n) is 3.33. The zero-order valence-electron chi connectivity index (χ0n) is 15.4. The van der Waals surface area contributed by atoms with Gasteiger partial charge >= 0.3 is 6.03 Å². The quantitative estimate of drug-likeness (QED) is 0.855. The van der Waals surface area contributed by atoms with Gasteiger partial charge in [0.05, 0.1) is 0 Å². The molecule has 3 amide bonds. The Labute approximate surface area is 164 Å². The van der Waals surface area contributed by atoms with Crippen LogP contribution in [0.5, 0.6) is 0 Å². The number of anilines is 1. The Morgan fingerprint density at radius 1 is 1.07 bits per heavy atom. The standard InChI is InChI=1S/C21H24ClN3O2/c1-24(15-17-7-5-6-10-19(17)22)20(26)16-11-13-25(14-12-16)21(27)23-18-8-3-2-4-9-18/h2-10,16H,11-15H2,1H3,(H,23,27). The summed E-state index contributed by atoms with van der Waals surface area (Å²) in [6, 6.07) is 16.8. The molecule has 0 atom stereocenters. The monoisotopic (exact) mass is 385 g/mol. The van der Waals surface area contributed by atoms with Crippen LogP contribution < -0.4 is 5.32 Å². The third kappa shape index (κ3) is 5.01. The Morgan fingerprint density at radius 2 is 1.70 bits per heavy atom. The molecule has 5 nitrogen and oxygen atoms in total. The molecule has 2 aromatic carbocycles. The largest absolute Gasteiger partial charge is 0.341 e. The summed E-state index contributed by atoms with van der Waals surface area (Å²) >= 11 is 6.19. The number of carbonyl (C=O) groups is 2. The van der Waals surface area contributed by atoms with Crippen molar-refractivity contribution < 1.29 is 9.59 Å². The Kier molecular flexibility index (Phi) is 6.35. The van der Waals surface area contributed by atoms with E-state index < -0.39 is 0 Å². The van der Waals surface area contributed by atoms with Crippen LogP contribution >= 0.6 is 11.6 Å². The average Bonchev–Trinajstić information content (AvgIpc) is 2.70. The van der Waals surface area contributed by atoms with E-state index in [1.54, 1.807) is 16.8 Å². The van der Waals surface area contributed by atoms with Crippen LogP contribution in [0.25, 0.3) is 0 Å². The van der Waals surface area contributed by atoms with Crippen LogP contribution in [0, 0.1) is 5.92 Å². The minimum Gasteiger partial charge on any atom is -0.341 e. The molecule has 1 aliphatic rings. The highest BCUT2D eigenvalue weighted by Gasteiger charge is 2.29. The molecule has 0 aromatic heterocycles. The van der Waals surface area contributed by atoms with E-state index in [-0.39, 0.29) is 17.9 Å². The van der Waals surface area contributed by atoms with Crippen molar-refractivity contribution >= 4 is 29.2 Å². The van der Waals surface area contributed by atoms with Gasteiger partial charge in [-0.25, -0.2) is 4.79 Å². The lowest BCUT2D eigenvalue weighted by Crippen LogP contribution is -2.44. The summed E-state index contributed by atoms with van der Waals surface area (Å²) in [5, 5.41) is 3.57. The van der Waals surface area contributed by atoms with Crippen molar-refractivity contribution in [1.82, 2.24) is 9.80 Å². The van der Waals surface area contributed by atoms with Crippen LogP contribution in [0.4, 0.5) is 10.5 Å². The molecular formula is C21H24ClN3O2. The Morgan fingerprint density at radius 3 is 2.37 bits per heavy atom. The molecule has 142 valence electrons. The number of nitrogens with zero attached hydrogens (tertiary/aromatic N) is 2. The van der Waals surface area contributed by atoms with Gasteiger partial charge in [0.1, 0.15) is 0 Å². The molecule has 1 N–H and O–H groups in total. The smallest absolute Gasteiger partial charge is 0.321 e. The molecule has 0 unspecified atom stereocenters. The highest BCUT2D eigenvalue weighted by Crippen LogP contribution is 2.22. The normalized spacial score (nSPS) is 14.7. The zero-order chi connectivity index (χ0) is 19.2. The first-order chi connectivity index (χ1) is 13.0. The number of hydrogen-bond acceptors (Lipinski definition) is 2. The number of urea groups is 1. The average molecular weight is 386 g/mol. The molecule has 0 aliphatic carbocycles. The number of nitrogens with one attached hydrogen (secondary N) is 1. The molecule has 1 heterocycles. The van der Waals surface area contributed by atoms with Gasteiger partial charge in [0.15, 0.2) is 0 Å². The van der Waals surface area contributed by atoms with Gasteiger partial charge < -0.3 is 15.1 Å². The van der Waals surface area contributed by atoms with Crippen molar-refractivity contribution in [3.63, 3.8) is 0 Å². The molecule has 0 bridgehead atoms. The van der Waals surface area contributed by atoms with Crippen molar-refractivity contribution in [1.29, 1.82) is 0 Å². The van der Waals surface area contributed by atoms with Gasteiger partial charge in [0, 0.05) is 43.3 Å². The number of halogens is 1. The lowest BCUT2D eigenvalue weighted by Gasteiger charge is -2.33. The summed E-state index contributed by atoms with van der Waals surface area (Å²) < 4.78 is 0. The van der Waals surface area contributed by atoms with E-state index in [9.17, 15) is 9.59 Å². The molecule has 1 saturated heterocycles. The second-order valence-corrected chi connectivity index (χ2v) is 7.25. The third-order valence-corrected chi connectivity index (χ3v) is 5.27. The molecule has 6 heteroatoms. The molecule has 3 rings (SSSR count). The van der Waals surface area contributed by atoms with Gasteiger partial charge in [-0.05, 0) is 36.6 Å². The van der Waals surface area contributed by atoms with E-state index in [0.29, 0.717) is 37.5 Å². The van der Waals surface area contributed by atoms with E-state index in [2.05, 4.69) is 5.32 Å². The predicted molar refractivity (Wildman–Crippen MR) is 108 cm³/mol. The van der Waals surface area contributed by atoms with Gasteiger partial charge in [-0.2, -0.15) is 0 Å². The van der Waals surface area contributed by atoms with Gasteiger partial charge in [0.2, 0.25) is 5.91 Å². The molecule has 1 fully saturated rings. The first kappa shape index (κ1) is 19.2. The van der Waals surface area contributed by atoms with Crippen molar-refractivity contribution in [3.05, 3.63) is 65.2 Å². The van der Waals surface area contributed by atoms with E-state index in [4.69, 9.17) is 11.6 Å². The maximum atomic E-state index is 12.7. The first-order valence-corrected chi connectivity index (χ1v) is 9.52. The van der Waals surface area contributed by atoms with Crippen LogP contribution in [0.2, 0.25) is 5.02 Å². The molecular weight excluding hydrogens is 362 g/mol. The zero-order valence-corrected chi connectivity index (χ0v) is 16.2.